The van der Waals surface area contributed by atoms with Crippen LogP contribution in [0.1, 0.15) is 77.0 Å². The molecule has 0 aromatic carbocycles. The lowest BCUT2D eigenvalue weighted by molar-refractivity contribution is 0.0575. The van der Waals surface area contributed by atoms with Crippen LogP contribution in [-0.2, 0) is 14.8 Å². The van der Waals surface area contributed by atoms with Crippen molar-refractivity contribution in [3.8, 4) is 6.19 Å². The number of aromatic nitrogens is 1. The lowest BCUT2D eigenvalue weighted by Crippen LogP contribution is -2.38. The average Bonchev–Trinajstić information content (AvgIpc) is 2.80. The molecule has 1 unspecified atom stereocenters. The smallest absolute Gasteiger partial charge is 0.236 e. The van der Waals surface area contributed by atoms with Gasteiger partial charge in [0.15, 0.2) is 5.44 Å². The predicted molar refractivity (Wildman–Crippen MR) is 131 cm³/mol. The number of unbranched alkanes of at least 4 members (excludes halogenated alkanes) is 5. The van der Waals surface area contributed by atoms with Gasteiger partial charge >= 0.3 is 0 Å². The van der Waals surface area contributed by atoms with E-state index in [0.29, 0.717) is 25.5 Å². The average molecular weight is 479 g/mol. The first-order chi connectivity index (χ1) is 15.9. The van der Waals surface area contributed by atoms with Crippen molar-refractivity contribution in [2.24, 2.45) is 21.8 Å². The minimum Gasteiger partial charge on any atom is -0.369 e. The Morgan fingerprint density at radius 2 is 1.79 bits per heavy atom. The summed E-state index contributed by atoms with van der Waals surface area (Å²) >= 11 is 0. The van der Waals surface area contributed by atoms with E-state index in [2.05, 4.69) is 9.98 Å². The number of primary sulfonamides is 1. The minimum absolute atomic E-state index is 0.172. The zero-order valence-electron chi connectivity index (χ0n) is 19.4. The molecule has 1 atom stereocenters. The van der Waals surface area contributed by atoms with E-state index in [4.69, 9.17) is 20.9 Å². The quantitative estimate of drug-likeness (QED) is 0.179. The van der Waals surface area contributed by atoms with Gasteiger partial charge in [-0.15, -0.1) is 4.99 Å². The summed E-state index contributed by atoms with van der Waals surface area (Å²) < 4.78 is 29.5. The van der Waals surface area contributed by atoms with Gasteiger partial charge in [-0.25, -0.2) is 13.6 Å². The van der Waals surface area contributed by atoms with E-state index in [-0.39, 0.29) is 5.96 Å². The van der Waals surface area contributed by atoms with Crippen LogP contribution in [-0.4, -0.2) is 37.9 Å². The number of sulfonamides is 1. The van der Waals surface area contributed by atoms with E-state index >= 15 is 0 Å². The highest BCUT2D eigenvalue weighted by Gasteiger charge is 2.24. The fraction of sp³-hybridized carbons (Fsp3) is 0.696. The highest BCUT2D eigenvalue weighted by molar-refractivity contribution is 7.89. The van der Waals surface area contributed by atoms with Crippen LogP contribution >= 0.6 is 0 Å². The number of aliphatic imine (C=N–C) groups is 1. The fourth-order valence-electron chi connectivity index (χ4n) is 4.24. The number of anilines is 1. The number of nitrogens with zero attached hydrogens (tertiary/aromatic N) is 4. The molecule has 1 aromatic rings. The van der Waals surface area contributed by atoms with Gasteiger partial charge in [-0.2, -0.15) is 5.26 Å². The standard InChI is InChI=1S/C23H38N6O3S/c24-19-28-23(25)29(21-13-15-27-16-14-21)17-9-4-2-1-3-8-12-22(33(26,30)31)32-18-20-10-6-5-7-11-20/h13-16,20,22H,1-12,17-18H2,(H2,25,28)(H2,26,30,31). The highest BCUT2D eigenvalue weighted by atomic mass is 32.2. The molecule has 4 N–H and O–H groups in total. The Bertz CT molecular complexity index is 851. The molecule has 0 bridgehead atoms. The molecule has 9 nitrogen and oxygen atoms in total. The Hall–Kier alpha value is -2.22. The number of hydrogen-bond donors (Lipinski definition) is 2. The molecule has 33 heavy (non-hydrogen) atoms. The summed E-state index contributed by atoms with van der Waals surface area (Å²) in [6, 6.07) is 3.66. The van der Waals surface area contributed by atoms with Crippen LogP contribution in [0.3, 0.4) is 0 Å². The summed E-state index contributed by atoms with van der Waals surface area (Å²) in [5.41, 5.74) is 5.90. The predicted octanol–water partition coefficient (Wildman–Crippen LogP) is 3.63. The van der Waals surface area contributed by atoms with Crippen LogP contribution in [0, 0.1) is 17.4 Å². The topological polar surface area (TPSA) is 148 Å². The maximum atomic E-state index is 11.9. The van der Waals surface area contributed by atoms with Crippen LogP contribution in [0.15, 0.2) is 29.5 Å². The molecule has 184 valence electrons. The SMILES string of the molecule is N#CN=C(N)N(CCCCCCCCC(OCC1CCCCC1)S(N)(=O)=O)c1ccncc1. The van der Waals surface area contributed by atoms with Gasteiger partial charge in [0.05, 0.1) is 6.61 Å². The molecule has 2 rings (SSSR count). The number of pyridine rings is 1. The van der Waals surface area contributed by atoms with Gasteiger partial charge in [-0.3, -0.25) is 4.98 Å². The Morgan fingerprint density at radius 3 is 2.42 bits per heavy atom. The van der Waals surface area contributed by atoms with E-state index in [0.717, 1.165) is 57.1 Å². The number of nitrogens with two attached hydrogens (primary N) is 2. The summed E-state index contributed by atoms with van der Waals surface area (Å²) in [5, 5.41) is 14.2. The molecule has 1 heterocycles. The van der Waals surface area contributed by atoms with Crippen molar-refractivity contribution < 1.29 is 13.2 Å². The second-order valence-electron chi connectivity index (χ2n) is 8.69. The number of ether oxygens (including phenoxy) is 1. The van der Waals surface area contributed by atoms with Crippen LogP contribution in [0.4, 0.5) is 5.69 Å². The third-order valence-electron chi connectivity index (χ3n) is 6.10. The van der Waals surface area contributed by atoms with E-state index in [9.17, 15) is 8.42 Å². The molecule has 1 fully saturated rings. The van der Waals surface area contributed by atoms with Crippen LogP contribution < -0.4 is 15.8 Å². The first-order valence-corrected chi connectivity index (χ1v) is 13.6. The zero-order valence-corrected chi connectivity index (χ0v) is 20.3. The van der Waals surface area contributed by atoms with Gasteiger partial charge in [0, 0.05) is 24.6 Å². The van der Waals surface area contributed by atoms with Gasteiger partial charge < -0.3 is 15.4 Å². The molecule has 10 heteroatoms. The third-order valence-corrected chi connectivity index (χ3v) is 7.20. The molecule has 1 aromatic heterocycles. The first-order valence-electron chi connectivity index (χ1n) is 11.9. The molecule has 1 aliphatic rings. The van der Waals surface area contributed by atoms with Crippen molar-refractivity contribution in [2.45, 2.75) is 82.5 Å². The summed E-state index contributed by atoms with van der Waals surface area (Å²) in [7, 11) is -3.69. The van der Waals surface area contributed by atoms with Gasteiger partial charge in [-0.05, 0) is 50.2 Å². The zero-order chi connectivity index (χ0) is 23.9. The molecule has 0 radical (unpaired) electrons. The molecular formula is C23H38N6O3S. The maximum absolute atomic E-state index is 11.9. The van der Waals surface area contributed by atoms with Crippen molar-refractivity contribution in [3.05, 3.63) is 24.5 Å². The van der Waals surface area contributed by atoms with Gasteiger partial charge in [-0.1, -0.05) is 44.9 Å². The number of nitriles is 1. The monoisotopic (exact) mass is 478 g/mol. The van der Waals surface area contributed by atoms with Crippen LogP contribution in [0.2, 0.25) is 0 Å². The van der Waals surface area contributed by atoms with Gasteiger partial charge in [0.1, 0.15) is 0 Å². The normalized spacial score (nSPS) is 16.3. The van der Waals surface area contributed by atoms with Gasteiger partial charge in [0.25, 0.3) is 0 Å². The molecule has 1 aliphatic carbocycles. The molecule has 0 saturated heterocycles. The summed E-state index contributed by atoms with van der Waals surface area (Å²) in [6.45, 7) is 1.15. The van der Waals surface area contributed by atoms with Gasteiger partial charge in [0.2, 0.25) is 22.2 Å². The third kappa shape index (κ3) is 10.5. The molecule has 0 spiro atoms. The maximum Gasteiger partial charge on any atom is 0.236 e. The summed E-state index contributed by atoms with van der Waals surface area (Å²) in [5.74, 6) is 0.632. The first kappa shape index (κ1) is 27.0. The van der Waals surface area contributed by atoms with Crippen molar-refractivity contribution in [2.75, 3.05) is 18.1 Å². The second kappa shape index (κ2) is 14.8. The Kier molecular flexibility index (Phi) is 12.1. The number of guanidine groups is 1. The van der Waals surface area contributed by atoms with E-state index in [1.807, 2.05) is 17.0 Å². The number of hydrogen-bond acceptors (Lipinski definition) is 6. The fourth-order valence-corrected chi connectivity index (χ4v) is 5.00. The van der Waals surface area contributed by atoms with E-state index < -0.39 is 15.5 Å². The van der Waals surface area contributed by atoms with Crippen molar-refractivity contribution in [1.82, 2.24) is 4.98 Å². The largest absolute Gasteiger partial charge is 0.369 e. The molecule has 0 aliphatic heterocycles. The molecule has 1 saturated carbocycles. The summed E-state index contributed by atoms with van der Waals surface area (Å²) in [6.07, 6.45) is 17.1. The Balaban J connectivity index is 1.65. The van der Waals surface area contributed by atoms with Crippen molar-refractivity contribution >= 4 is 21.7 Å². The molecular weight excluding hydrogens is 440 g/mol. The second-order valence-corrected chi connectivity index (χ2v) is 10.4. The highest BCUT2D eigenvalue weighted by Crippen LogP contribution is 2.25. The number of rotatable bonds is 14. The summed E-state index contributed by atoms with van der Waals surface area (Å²) in [4.78, 5) is 9.47. The minimum atomic E-state index is -3.69. The lowest BCUT2D eigenvalue weighted by atomic mass is 9.90. The Labute approximate surface area is 198 Å². The lowest BCUT2D eigenvalue weighted by Gasteiger charge is -2.24. The van der Waals surface area contributed by atoms with E-state index in [1.165, 1.54) is 19.3 Å². The Morgan fingerprint density at radius 1 is 1.15 bits per heavy atom. The van der Waals surface area contributed by atoms with E-state index in [1.54, 1.807) is 18.6 Å². The van der Waals surface area contributed by atoms with Crippen molar-refractivity contribution in [1.29, 1.82) is 5.26 Å². The molecule has 0 amide bonds. The van der Waals surface area contributed by atoms with Crippen LogP contribution in [0.25, 0.3) is 0 Å². The van der Waals surface area contributed by atoms with Crippen molar-refractivity contribution in [3.63, 3.8) is 0 Å². The van der Waals surface area contributed by atoms with Crippen LogP contribution in [0.5, 0.6) is 0 Å².